The number of hydrogen-bond donors (Lipinski definition) is 1. The Kier molecular flexibility index (Phi) is 6.67. The predicted octanol–water partition coefficient (Wildman–Crippen LogP) is 2.67. The Balaban J connectivity index is 2.00. The summed E-state index contributed by atoms with van der Waals surface area (Å²) in [5, 5.41) is 2.78. The lowest BCUT2D eigenvalue weighted by Gasteiger charge is -2.31. The Bertz CT molecular complexity index is 611. The first-order chi connectivity index (χ1) is 12.0. The summed E-state index contributed by atoms with van der Waals surface area (Å²) < 4.78 is 10.5. The molecule has 1 aromatic carbocycles. The van der Waals surface area contributed by atoms with Gasteiger partial charge in [0.2, 0.25) is 0 Å². The average Bonchev–Trinajstić information content (AvgIpc) is 2.66. The molecule has 25 heavy (non-hydrogen) atoms. The summed E-state index contributed by atoms with van der Waals surface area (Å²) in [6, 6.07) is 5.30. The molecule has 138 valence electrons. The molecule has 1 aliphatic carbocycles. The Morgan fingerprint density at radius 1 is 1.12 bits per heavy atom. The van der Waals surface area contributed by atoms with Crippen molar-refractivity contribution < 1.29 is 19.1 Å². The molecule has 0 heterocycles. The number of carbonyl (C=O) groups is 2. The van der Waals surface area contributed by atoms with Crippen LogP contribution in [0, 0.1) is 0 Å². The molecule has 6 nitrogen and oxygen atoms in total. The van der Waals surface area contributed by atoms with Crippen LogP contribution in [0.25, 0.3) is 0 Å². The van der Waals surface area contributed by atoms with Gasteiger partial charge in [-0.05, 0) is 37.5 Å². The standard InChI is InChI=1S/C19H28N2O4/c1-13(14-10-11-16(24-3)17(12-14)25-4)20-18(22)19(23)21(2)15-8-6-5-7-9-15/h10-13,15H,5-9H2,1-4H3,(H,20,22). The fourth-order valence-electron chi connectivity index (χ4n) is 3.26. The van der Waals surface area contributed by atoms with E-state index in [0.29, 0.717) is 11.5 Å². The van der Waals surface area contributed by atoms with E-state index < -0.39 is 11.8 Å². The van der Waals surface area contributed by atoms with Crippen LogP contribution in [-0.2, 0) is 9.59 Å². The predicted molar refractivity (Wildman–Crippen MR) is 95.7 cm³/mol. The Morgan fingerprint density at radius 3 is 2.36 bits per heavy atom. The number of nitrogens with zero attached hydrogens (tertiary/aromatic N) is 1. The lowest BCUT2D eigenvalue weighted by molar-refractivity contribution is -0.147. The van der Waals surface area contributed by atoms with Gasteiger partial charge in [-0.1, -0.05) is 25.3 Å². The van der Waals surface area contributed by atoms with Crippen LogP contribution in [0.5, 0.6) is 11.5 Å². The molecule has 1 atom stereocenters. The molecule has 1 unspecified atom stereocenters. The Morgan fingerprint density at radius 2 is 1.76 bits per heavy atom. The second kappa shape index (κ2) is 8.74. The normalized spacial score (nSPS) is 16.0. The van der Waals surface area contributed by atoms with Gasteiger partial charge in [0, 0.05) is 13.1 Å². The third kappa shape index (κ3) is 4.65. The maximum atomic E-state index is 12.4. The zero-order valence-corrected chi connectivity index (χ0v) is 15.5. The van der Waals surface area contributed by atoms with E-state index in [1.807, 2.05) is 13.0 Å². The number of amides is 2. The van der Waals surface area contributed by atoms with E-state index in [1.54, 1.807) is 38.3 Å². The van der Waals surface area contributed by atoms with Gasteiger partial charge in [-0.3, -0.25) is 9.59 Å². The Hall–Kier alpha value is -2.24. The maximum Gasteiger partial charge on any atom is 0.311 e. The monoisotopic (exact) mass is 348 g/mol. The van der Waals surface area contributed by atoms with Crippen LogP contribution < -0.4 is 14.8 Å². The van der Waals surface area contributed by atoms with Crippen molar-refractivity contribution in [1.29, 1.82) is 0 Å². The molecule has 0 bridgehead atoms. The van der Waals surface area contributed by atoms with E-state index in [4.69, 9.17) is 9.47 Å². The second-order valence-corrected chi connectivity index (χ2v) is 6.52. The highest BCUT2D eigenvalue weighted by Gasteiger charge is 2.27. The topological polar surface area (TPSA) is 67.9 Å². The van der Waals surface area contributed by atoms with Crippen molar-refractivity contribution in [2.24, 2.45) is 0 Å². The molecular weight excluding hydrogens is 320 g/mol. The molecule has 6 heteroatoms. The van der Waals surface area contributed by atoms with Gasteiger partial charge in [-0.2, -0.15) is 0 Å². The van der Waals surface area contributed by atoms with E-state index >= 15 is 0 Å². The number of rotatable bonds is 5. The molecule has 1 saturated carbocycles. The first-order valence-corrected chi connectivity index (χ1v) is 8.77. The summed E-state index contributed by atoms with van der Waals surface area (Å²) in [5.41, 5.74) is 0.846. The van der Waals surface area contributed by atoms with E-state index in [0.717, 1.165) is 31.2 Å². The van der Waals surface area contributed by atoms with Crippen molar-refractivity contribution in [2.45, 2.75) is 51.1 Å². The molecule has 1 aliphatic rings. The fourth-order valence-corrected chi connectivity index (χ4v) is 3.26. The van der Waals surface area contributed by atoms with Crippen molar-refractivity contribution in [3.8, 4) is 11.5 Å². The Labute approximate surface area is 149 Å². The zero-order valence-electron chi connectivity index (χ0n) is 15.5. The van der Waals surface area contributed by atoms with E-state index in [-0.39, 0.29) is 12.1 Å². The molecule has 0 saturated heterocycles. The third-order valence-electron chi connectivity index (χ3n) is 4.89. The summed E-state index contributed by atoms with van der Waals surface area (Å²) in [6.07, 6.45) is 5.39. The van der Waals surface area contributed by atoms with Gasteiger partial charge in [-0.15, -0.1) is 0 Å². The van der Waals surface area contributed by atoms with Crippen molar-refractivity contribution in [3.05, 3.63) is 23.8 Å². The lowest BCUT2D eigenvalue weighted by Crippen LogP contribution is -2.46. The summed E-state index contributed by atoms with van der Waals surface area (Å²) in [4.78, 5) is 26.3. The van der Waals surface area contributed by atoms with Crippen LogP contribution in [-0.4, -0.2) is 44.0 Å². The van der Waals surface area contributed by atoms with Crippen molar-refractivity contribution in [2.75, 3.05) is 21.3 Å². The molecule has 1 N–H and O–H groups in total. The number of benzene rings is 1. The number of likely N-dealkylation sites (N-methyl/N-ethyl adjacent to an activating group) is 1. The largest absolute Gasteiger partial charge is 0.493 e. The van der Waals surface area contributed by atoms with Gasteiger partial charge in [0.1, 0.15) is 0 Å². The van der Waals surface area contributed by atoms with Gasteiger partial charge < -0.3 is 19.7 Å². The molecule has 0 spiro atoms. The SMILES string of the molecule is COc1ccc(C(C)NC(=O)C(=O)N(C)C2CCCCC2)cc1OC. The van der Waals surface area contributed by atoms with Crippen LogP contribution in [0.3, 0.4) is 0 Å². The highest BCUT2D eigenvalue weighted by Crippen LogP contribution is 2.30. The highest BCUT2D eigenvalue weighted by atomic mass is 16.5. The van der Waals surface area contributed by atoms with Gasteiger partial charge in [-0.25, -0.2) is 0 Å². The molecule has 0 radical (unpaired) electrons. The van der Waals surface area contributed by atoms with Crippen LogP contribution in [0.15, 0.2) is 18.2 Å². The molecule has 0 aliphatic heterocycles. The maximum absolute atomic E-state index is 12.4. The minimum absolute atomic E-state index is 0.170. The minimum Gasteiger partial charge on any atom is -0.493 e. The van der Waals surface area contributed by atoms with E-state index in [9.17, 15) is 9.59 Å². The first-order valence-electron chi connectivity index (χ1n) is 8.77. The van der Waals surface area contributed by atoms with Gasteiger partial charge in [0.25, 0.3) is 0 Å². The zero-order chi connectivity index (χ0) is 18.4. The number of hydrogen-bond acceptors (Lipinski definition) is 4. The lowest BCUT2D eigenvalue weighted by atomic mass is 9.94. The molecular formula is C19H28N2O4. The molecule has 1 aromatic rings. The molecule has 2 rings (SSSR count). The van der Waals surface area contributed by atoms with Crippen LogP contribution >= 0.6 is 0 Å². The van der Waals surface area contributed by atoms with Crippen molar-refractivity contribution in [3.63, 3.8) is 0 Å². The summed E-state index contributed by atoms with van der Waals surface area (Å²) in [7, 11) is 4.86. The van der Waals surface area contributed by atoms with Crippen LogP contribution in [0.1, 0.15) is 50.6 Å². The summed E-state index contributed by atoms with van der Waals surface area (Å²) in [6.45, 7) is 1.84. The van der Waals surface area contributed by atoms with Crippen LogP contribution in [0.2, 0.25) is 0 Å². The van der Waals surface area contributed by atoms with Crippen molar-refractivity contribution in [1.82, 2.24) is 10.2 Å². The molecule has 1 fully saturated rings. The first kappa shape index (κ1) is 19.1. The quantitative estimate of drug-likeness (QED) is 0.831. The fraction of sp³-hybridized carbons (Fsp3) is 0.579. The number of ether oxygens (including phenoxy) is 2. The summed E-state index contributed by atoms with van der Waals surface area (Å²) in [5.74, 6) is 0.166. The van der Waals surface area contributed by atoms with Gasteiger partial charge in [0.15, 0.2) is 11.5 Å². The third-order valence-corrected chi connectivity index (χ3v) is 4.89. The number of methoxy groups -OCH3 is 2. The smallest absolute Gasteiger partial charge is 0.311 e. The highest BCUT2D eigenvalue weighted by molar-refractivity contribution is 6.35. The molecule has 2 amide bonds. The number of nitrogens with one attached hydrogen (secondary N) is 1. The minimum atomic E-state index is -0.574. The average molecular weight is 348 g/mol. The second-order valence-electron chi connectivity index (χ2n) is 6.52. The van der Waals surface area contributed by atoms with E-state index in [1.165, 1.54) is 6.42 Å². The van der Waals surface area contributed by atoms with Crippen LogP contribution in [0.4, 0.5) is 0 Å². The van der Waals surface area contributed by atoms with Gasteiger partial charge in [0.05, 0.1) is 20.3 Å². The summed E-state index contributed by atoms with van der Waals surface area (Å²) >= 11 is 0. The number of carbonyl (C=O) groups excluding carboxylic acids is 2. The molecule has 0 aromatic heterocycles. The van der Waals surface area contributed by atoms with E-state index in [2.05, 4.69) is 5.32 Å². The van der Waals surface area contributed by atoms with Crippen molar-refractivity contribution >= 4 is 11.8 Å². The van der Waals surface area contributed by atoms with Gasteiger partial charge >= 0.3 is 11.8 Å².